The lowest BCUT2D eigenvalue weighted by molar-refractivity contribution is -0.129. The fraction of sp³-hybridized carbons (Fsp3) is 0.526. The van der Waals surface area contributed by atoms with E-state index in [1.165, 1.54) is 18.7 Å². The first kappa shape index (κ1) is 21.9. The van der Waals surface area contributed by atoms with Crippen molar-refractivity contribution in [1.82, 2.24) is 25.1 Å². The first-order valence-corrected chi connectivity index (χ1v) is 10.3. The Morgan fingerprint density at radius 3 is 2.46 bits per heavy atom. The summed E-state index contributed by atoms with van der Waals surface area (Å²) >= 11 is 1.31. The highest BCUT2D eigenvalue weighted by Gasteiger charge is 2.18. The van der Waals surface area contributed by atoms with Gasteiger partial charge in [-0.2, -0.15) is 4.68 Å². The van der Waals surface area contributed by atoms with Crippen LogP contribution in [-0.2, 0) is 9.59 Å². The number of hydrogen-bond donors (Lipinski definition) is 1. The van der Waals surface area contributed by atoms with Gasteiger partial charge in [-0.15, -0.1) is 5.10 Å². The van der Waals surface area contributed by atoms with E-state index in [1.807, 2.05) is 17.0 Å². The van der Waals surface area contributed by atoms with E-state index in [0.717, 1.165) is 13.1 Å². The smallest absolute Gasteiger partial charge is 0.233 e. The van der Waals surface area contributed by atoms with Gasteiger partial charge in [-0.1, -0.05) is 45.5 Å². The zero-order valence-corrected chi connectivity index (χ0v) is 17.9. The quantitative estimate of drug-likeness (QED) is 0.646. The molecule has 2 amide bonds. The Labute approximate surface area is 170 Å². The Bertz CT molecular complexity index is 795. The lowest BCUT2D eigenvalue weighted by Crippen LogP contribution is -2.38. The number of aromatic nitrogens is 4. The maximum absolute atomic E-state index is 12.7. The van der Waals surface area contributed by atoms with Gasteiger partial charge in [-0.3, -0.25) is 9.59 Å². The molecule has 0 unspecified atom stereocenters. The molecular weight excluding hydrogens is 376 g/mol. The monoisotopic (exact) mass is 404 g/mol. The summed E-state index contributed by atoms with van der Waals surface area (Å²) in [4.78, 5) is 25.9. The van der Waals surface area contributed by atoms with Gasteiger partial charge in [0.05, 0.1) is 11.4 Å². The summed E-state index contributed by atoms with van der Waals surface area (Å²) in [6, 6.07) is 7.24. The Hall–Kier alpha value is -2.42. The fourth-order valence-corrected chi connectivity index (χ4v) is 3.52. The number of amides is 2. The Morgan fingerprint density at radius 1 is 1.18 bits per heavy atom. The third-order valence-electron chi connectivity index (χ3n) is 3.70. The standard InChI is InChI=1S/C19H28N6O2S/c1-13(2)10-24(11-14(3)4)18(27)12-28-19-21-22-23-25(19)17-8-6-7-16(9-17)20-15(5)26/h6-9,13-14H,10-12H2,1-5H3,(H,20,26). The third kappa shape index (κ3) is 6.63. The van der Waals surface area contributed by atoms with Crippen molar-refractivity contribution in [3.05, 3.63) is 24.3 Å². The normalized spacial score (nSPS) is 11.1. The van der Waals surface area contributed by atoms with Crippen molar-refractivity contribution in [3.63, 3.8) is 0 Å². The van der Waals surface area contributed by atoms with Gasteiger partial charge >= 0.3 is 0 Å². The van der Waals surface area contributed by atoms with Gasteiger partial charge < -0.3 is 10.2 Å². The molecular formula is C19H28N6O2S. The maximum atomic E-state index is 12.7. The summed E-state index contributed by atoms with van der Waals surface area (Å²) in [6.45, 7) is 11.4. The molecule has 0 saturated carbocycles. The van der Waals surface area contributed by atoms with E-state index in [1.54, 1.807) is 16.8 Å². The average Bonchev–Trinajstić information content (AvgIpc) is 3.06. The second kappa shape index (κ2) is 10.2. The van der Waals surface area contributed by atoms with Crippen LogP contribution in [0.2, 0.25) is 0 Å². The van der Waals surface area contributed by atoms with Gasteiger partial charge in [0.2, 0.25) is 17.0 Å². The minimum Gasteiger partial charge on any atom is -0.341 e. The van der Waals surface area contributed by atoms with E-state index in [0.29, 0.717) is 28.4 Å². The fourth-order valence-electron chi connectivity index (χ4n) is 2.73. The van der Waals surface area contributed by atoms with E-state index in [4.69, 9.17) is 0 Å². The molecule has 0 aliphatic heterocycles. The number of benzene rings is 1. The highest BCUT2D eigenvalue weighted by atomic mass is 32.2. The zero-order valence-electron chi connectivity index (χ0n) is 17.0. The molecule has 0 spiro atoms. The first-order chi connectivity index (χ1) is 13.3. The van der Waals surface area contributed by atoms with E-state index < -0.39 is 0 Å². The van der Waals surface area contributed by atoms with Crippen LogP contribution in [0.3, 0.4) is 0 Å². The van der Waals surface area contributed by atoms with Crippen molar-refractivity contribution in [2.75, 3.05) is 24.2 Å². The number of tetrazole rings is 1. The zero-order chi connectivity index (χ0) is 20.7. The molecule has 1 heterocycles. The van der Waals surface area contributed by atoms with Crippen LogP contribution in [0.1, 0.15) is 34.6 Å². The predicted octanol–water partition coefficient (Wildman–Crippen LogP) is 2.85. The number of thioether (sulfide) groups is 1. The summed E-state index contributed by atoms with van der Waals surface area (Å²) in [5.41, 5.74) is 1.37. The molecule has 2 rings (SSSR count). The van der Waals surface area contributed by atoms with Crippen molar-refractivity contribution in [3.8, 4) is 5.69 Å². The van der Waals surface area contributed by atoms with Crippen LogP contribution in [0.25, 0.3) is 5.69 Å². The van der Waals surface area contributed by atoms with Crippen LogP contribution in [0.5, 0.6) is 0 Å². The second-order valence-corrected chi connectivity index (χ2v) is 8.42. The molecule has 1 N–H and O–H groups in total. The van der Waals surface area contributed by atoms with Crippen LogP contribution in [0, 0.1) is 11.8 Å². The van der Waals surface area contributed by atoms with Gasteiger partial charge in [0.1, 0.15) is 0 Å². The number of carbonyl (C=O) groups excluding carboxylic acids is 2. The lowest BCUT2D eigenvalue weighted by Gasteiger charge is -2.26. The molecule has 8 nitrogen and oxygen atoms in total. The highest BCUT2D eigenvalue weighted by Crippen LogP contribution is 2.21. The van der Waals surface area contributed by atoms with Crippen molar-refractivity contribution >= 4 is 29.3 Å². The second-order valence-electron chi connectivity index (χ2n) is 7.48. The van der Waals surface area contributed by atoms with E-state index in [9.17, 15) is 9.59 Å². The Morgan fingerprint density at radius 2 is 1.86 bits per heavy atom. The van der Waals surface area contributed by atoms with Crippen LogP contribution in [0.15, 0.2) is 29.4 Å². The molecule has 152 valence electrons. The van der Waals surface area contributed by atoms with Crippen LogP contribution >= 0.6 is 11.8 Å². The third-order valence-corrected chi connectivity index (χ3v) is 4.60. The van der Waals surface area contributed by atoms with E-state index in [2.05, 4.69) is 48.5 Å². The SMILES string of the molecule is CC(=O)Nc1cccc(-n2nnnc2SCC(=O)N(CC(C)C)CC(C)C)c1. The van der Waals surface area contributed by atoms with Gasteiger partial charge in [0.15, 0.2) is 0 Å². The number of hydrogen-bond acceptors (Lipinski definition) is 6. The van der Waals surface area contributed by atoms with Gasteiger partial charge in [0, 0.05) is 25.7 Å². The molecule has 1 aromatic heterocycles. The minimum absolute atomic E-state index is 0.0777. The summed E-state index contributed by atoms with van der Waals surface area (Å²) < 4.78 is 1.57. The van der Waals surface area contributed by atoms with Crippen LogP contribution in [-0.4, -0.2) is 55.8 Å². The highest BCUT2D eigenvalue weighted by molar-refractivity contribution is 7.99. The summed E-state index contributed by atoms with van der Waals surface area (Å²) in [5, 5.41) is 15.1. The number of carbonyl (C=O) groups is 2. The largest absolute Gasteiger partial charge is 0.341 e. The first-order valence-electron chi connectivity index (χ1n) is 9.33. The summed E-state index contributed by atoms with van der Waals surface area (Å²) in [7, 11) is 0. The summed E-state index contributed by atoms with van der Waals surface area (Å²) in [6.07, 6.45) is 0. The van der Waals surface area contributed by atoms with Crippen molar-refractivity contribution < 1.29 is 9.59 Å². The minimum atomic E-state index is -0.149. The number of rotatable bonds is 9. The van der Waals surface area contributed by atoms with Gasteiger partial charge in [0.25, 0.3) is 0 Å². The molecule has 0 radical (unpaired) electrons. The van der Waals surface area contributed by atoms with Crippen LogP contribution < -0.4 is 5.32 Å². The molecule has 0 fully saturated rings. The lowest BCUT2D eigenvalue weighted by atomic mass is 10.1. The molecule has 0 saturated heterocycles. The molecule has 28 heavy (non-hydrogen) atoms. The average molecular weight is 405 g/mol. The molecule has 0 bridgehead atoms. The van der Waals surface area contributed by atoms with E-state index >= 15 is 0 Å². The van der Waals surface area contributed by atoms with Crippen molar-refractivity contribution in [1.29, 1.82) is 0 Å². The van der Waals surface area contributed by atoms with Crippen molar-refractivity contribution in [2.45, 2.75) is 39.8 Å². The topological polar surface area (TPSA) is 93.0 Å². The Kier molecular flexibility index (Phi) is 7.98. The molecule has 1 aromatic carbocycles. The molecule has 0 atom stereocenters. The van der Waals surface area contributed by atoms with E-state index in [-0.39, 0.29) is 17.6 Å². The van der Waals surface area contributed by atoms with Crippen molar-refractivity contribution in [2.24, 2.45) is 11.8 Å². The molecule has 9 heteroatoms. The molecule has 0 aliphatic rings. The molecule has 2 aromatic rings. The summed E-state index contributed by atoms with van der Waals surface area (Å²) in [5.74, 6) is 1.02. The van der Waals surface area contributed by atoms with Gasteiger partial charge in [-0.25, -0.2) is 0 Å². The Balaban J connectivity index is 2.09. The van der Waals surface area contributed by atoms with Gasteiger partial charge in [-0.05, 0) is 40.5 Å². The van der Waals surface area contributed by atoms with Crippen LogP contribution in [0.4, 0.5) is 5.69 Å². The number of nitrogens with zero attached hydrogens (tertiary/aromatic N) is 5. The maximum Gasteiger partial charge on any atom is 0.233 e. The molecule has 0 aliphatic carbocycles. The number of anilines is 1. The predicted molar refractivity (Wildman–Crippen MR) is 110 cm³/mol. The number of nitrogens with one attached hydrogen (secondary N) is 1.